The number of thiophene rings is 1. The van der Waals surface area contributed by atoms with Crippen LogP contribution in [0.3, 0.4) is 0 Å². The monoisotopic (exact) mass is 192 g/mol. The number of hydrogen-bond donors (Lipinski definition) is 1. The average Bonchev–Trinajstić information content (AvgIpc) is 2.60. The van der Waals surface area contributed by atoms with Crippen molar-refractivity contribution < 1.29 is 0 Å². The molecule has 2 aromatic heterocycles. The van der Waals surface area contributed by atoms with E-state index in [0.717, 1.165) is 10.7 Å². The number of nitrogens with zero attached hydrogens (tertiary/aromatic N) is 1. The molecule has 2 N–H and O–H groups in total. The van der Waals surface area contributed by atoms with Crippen molar-refractivity contribution in [2.75, 3.05) is 5.73 Å². The van der Waals surface area contributed by atoms with Crippen molar-refractivity contribution in [2.45, 2.75) is 13.8 Å². The molecule has 2 rings (SSSR count). The summed E-state index contributed by atoms with van der Waals surface area (Å²) in [5, 5.41) is 2.89. The Balaban J connectivity index is 2.64. The maximum Gasteiger partial charge on any atom is 0.110 e. The molecule has 68 valence electrons. The fraction of sp³-hybridized carbons (Fsp3) is 0.200. The van der Waals surface area contributed by atoms with Crippen LogP contribution < -0.4 is 5.73 Å². The predicted octanol–water partition coefficient (Wildman–Crippen LogP) is 2.74. The molecule has 0 aliphatic heterocycles. The van der Waals surface area contributed by atoms with E-state index in [1.165, 1.54) is 11.4 Å². The van der Waals surface area contributed by atoms with Gasteiger partial charge in [-0.1, -0.05) is 0 Å². The van der Waals surface area contributed by atoms with Gasteiger partial charge in [-0.2, -0.15) is 0 Å². The van der Waals surface area contributed by atoms with Crippen LogP contribution in [-0.2, 0) is 0 Å². The first-order valence-corrected chi connectivity index (χ1v) is 5.06. The third-order valence-corrected chi connectivity index (χ3v) is 2.92. The third-order valence-electron chi connectivity index (χ3n) is 2.19. The summed E-state index contributed by atoms with van der Waals surface area (Å²) < 4.78 is 2.17. The third kappa shape index (κ3) is 1.25. The molecule has 0 aromatic carbocycles. The Labute approximate surface area is 81.6 Å². The first kappa shape index (κ1) is 8.38. The Kier molecular flexibility index (Phi) is 1.88. The van der Waals surface area contributed by atoms with Gasteiger partial charge in [0.25, 0.3) is 0 Å². The Morgan fingerprint density at radius 2 is 1.77 bits per heavy atom. The molecule has 2 nitrogen and oxygen atoms in total. The molecule has 2 aromatic rings. The van der Waals surface area contributed by atoms with Crippen LogP contribution in [0.25, 0.3) is 5.69 Å². The van der Waals surface area contributed by atoms with Gasteiger partial charge in [-0.15, -0.1) is 11.3 Å². The number of anilines is 1. The van der Waals surface area contributed by atoms with Gasteiger partial charge in [0, 0.05) is 11.4 Å². The largest absolute Gasteiger partial charge is 0.389 e. The van der Waals surface area contributed by atoms with Crippen LogP contribution >= 0.6 is 11.3 Å². The number of aryl methyl sites for hydroxylation is 2. The van der Waals surface area contributed by atoms with Crippen LogP contribution in [-0.4, -0.2) is 4.57 Å². The van der Waals surface area contributed by atoms with Crippen LogP contribution in [0.1, 0.15) is 11.4 Å². The van der Waals surface area contributed by atoms with Gasteiger partial charge in [-0.25, -0.2) is 0 Å². The summed E-state index contributed by atoms with van der Waals surface area (Å²) in [6, 6.07) is 6.26. The number of nitrogen functional groups attached to an aromatic ring is 1. The summed E-state index contributed by atoms with van der Waals surface area (Å²) in [6.07, 6.45) is 0. The predicted molar refractivity (Wildman–Crippen MR) is 57.5 cm³/mol. The minimum atomic E-state index is 0.877. The number of hydrogen-bond acceptors (Lipinski definition) is 2. The lowest BCUT2D eigenvalue weighted by Gasteiger charge is -2.07. The van der Waals surface area contributed by atoms with E-state index >= 15 is 0 Å². The summed E-state index contributed by atoms with van der Waals surface area (Å²) >= 11 is 1.58. The molecular weight excluding hydrogens is 180 g/mol. The van der Waals surface area contributed by atoms with Crippen LogP contribution in [0.2, 0.25) is 0 Å². The minimum Gasteiger partial charge on any atom is -0.389 e. The second-order valence-corrected chi connectivity index (χ2v) is 4.07. The van der Waals surface area contributed by atoms with Crippen LogP contribution in [0.15, 0.2) is 23.6 Å². The topological polar surface area (TPSA) is 30.9 Å². The molecule has 0 aliphatic carbocycles. The van der Waals surface area contributed by atoms with Gasteiger partial charge < -0.3 is 10.3 Å². The highest BCUT2D eigenvalue weighted by Gasteiger charge is 2.07. The van der Waals surface area contributed by atoms with E-state index < -0.39 is 0 Å². The van der Waals surface area contributed by atoms with E-state index in [-0.39, 0.29) is 0 Å². The lowest BCUT2D eigenvalue weighted by molar-refractivity contribution is 0.973. The molecule has 0 radical (unpaired) electrons. The van der Waals surface area contributed by atoms with E-state index in [4.69, 9.17) is 5.73 Å². The van der Waals surface area contributed by atoms with E-state index in [0.29, 0.717) is 0 Å². The van der Waals surface area contributed by atoms with E-state index in [1.54, 1.807) is 11.3 Å². The number of aromatic nitrogens is 1. The van der Waals surface area contributed by atoms with Crippen molar-refractivity contribution in [3.8, 4) is 5.69 Å². The van der Waals surface area contributed by atoms with Crippen LogP contribution in [0.4, 0.5) is 5.00 Å². The number of rotatable bonds is 1. The van der Waals surface area contributed by atoms with Gasteiger partial charge in [0.05, 0.1) is 5.69 Å². The molecule has 0 spiro atoms. The molecular formula is C10H12N2S. The molecule has 0 fully saturated rings. The zero-order valence-electron chi connectivity index (χ0n) is 7.74. The van der Waals surface area contributed by atoms with Crippen LogP contribution in [0, 0.1) is 13.8 Å². The summed E-state index contributed by atoms with van der Waals surface area (Å²) in [6.45, 7) is 4.17. The van der Waals surface area contributed by atoms with Gasteiger partial charge in [0.2, 0.25) is 0 Å². The fourth-order valence-corrected chi connectivity index (χ4v) is 2.17. The summed E-state index contributed by atoms with van der Waals surface area (Å²) in [7, 11) is 0. The molecule has 0 atom stereocenters. The second-order valence-electron chi connectivity index (χ2n) is 3.12. The fourth-order valence-electron chi connectivity index (χ4n) is 1.55. The lowest BCUT2D eigenvalue weighted by Crippen LogP contribution is -1.99. The smallest absolute Gasteiger partial charge is 0.110 e. The van der Waals surface area contributed by atoms with Gasteiger partial charge in [-0.05, 0) is 37.4 Å². The van der Waals surface area contributed by atoms with Crippen molar-refractivity contribution >= 4 is 16.3 Å². The normalized spacial score (nSPS) is 10.6. The van der Waals surface area contributed by atoms with Crippen molar-refractivity contribution in [1.82, 2.24) is 4.57 Å². The van der Waals surface area contributed by atoms with Gasteiger partial charge in [-0.3, -0.25) is 0 Å². The van der Waals surface area contributed by atoms with E-state index in [2.05, 4.69) is 36.6 Å². The van der Waals surface area contributed by atoms with Crippen LogP contribution in [0.5, 0.6) is 0 Å². The molecule has 0 bridgehead atoms. The molecule has 0 amide bonds. The summed E-state index contributed by atoms with van der Waals surface area (Å²) in [5.41, 5.74) is 9.42. The van der Waals surface area contributed by atoms with Gasteiger partial charge >= 0.3 is 0 Å². The van der Waals surface area contributed by atoms with Gasteiger partial charge in [0.15, 0.2) is 0 Å². The Hall–Kier alpha value is -1.22. The van der Waals surface area contributed by atoms with Crippen molar-refractivity contribution in [3.05, 3.63) is 35.0 Å². The highest BCUT2D eigenvalue weighted by atomic mass is 32.1. The molecule has 0 aliphatic rings. The molecule has 13 heavy (non-hydrogen) atoms. The average molecular weight is 192 g/mol. The molecule has 3 heteroatoms. The molecule has 0 saturated heterocycles. The zero-order chi connectivity index (χ0) is 9.42. The second kappa shape index (κ2) is 2.92. The molecule has 0 saturated carbocycles. The van der Waals surface area contributed by atoms with Gasteiger partial charge in [0.1, 0.15) is 5.00 Å². The highest BCUT2D eigenvalue weighted by molar-refractivity contribution is 7.14. The number of nitrogens with two attached hydrogens (primary N) is 1. The Bertz CT molecular complexity index is 406. The first-order chi connectivity index (χ1) is 6.20. The quantitative estimate of drug-likeness (QED) is 0.740. The maximum atomic E-state index is 5.87. The first-order valence-electron chi connectivity index (χ1n) is 4.18. The maximum absolute atomic E-state index is 5.87. The zero-order valence-corrected chi connectivity index (χ0v) is 8.56. The van der Waals surface area contributed by atoms with Crippen molar-refractivity contribution in [2.24, 2.45) is 0 Å². The van der Waals surface area contributed by atoms with E-state index in [9.17, 15) is 0 Å². The van der Waals surface area contributed by atoms with Crippen molar-refractivity contribution in [1.29, 1.82) is 0 Å². The standard InChI is InChI=1S/C10H12N2S/c1-7-3-4-8(2)12(7)9-5-6-13-10(9)11/h3-6H,11H2,1-2H3. The molecule has 2 heterocycles. The Morgan fingerprint density at radius 1 is 1.15 bits per heavy atom. The Morgan fingerprint density at radius 3 is 2.23 bits per heavy atom. The SMILES string of the molecule is Cc1ccc(C)n1-c1ccsc1N. The lowest BCUT2D eigenvalue weighted by atomic mass is 10.4. The molecule has 0 unspecified atom stereocenters. The summed E-state index contributed by atoms with van der Waals surface area (Å²) in [4.78, 5) is 0. The van der Waals surface area contributed by atoms with E-state index in [1.807, 2.05) is 5.38 Å². The van der Waals surface area contributed by atoms with Crippen molar-refractivity contribution in [3.63, 3.8) is 0 Å². The highest BCUT2D eigenvalue weighted by Crippen LogP contribution is 2.26. The summed E-state index contributed by atoms with van der Waals surface area (Å²) in [5.74, 6) is 0. The minimum absolute atomic E-state index is 0.877.